The molecule has 1 aromatic carbocycles. The van der Waals surface area contributed by atoms with Gasteiger partial charge in [-0.05, 0) is 38.0 Å². The van der Waals surface area contributed by atoms with E-state index in [-0.39, 0.29) is 24.0 Å². The van der Waals surface area contributed by atoms with Crippen LogP contribution in [0.5, 0.6) is 0 Å². The highest BCUT2D eigenvalue weighted by Gasteiger charge is 2.02. The molecule has 0 atom stereocenters. The van der Waals surface area contributed by atoms with Crippen LogP contribution in [0.1, 0.15) is 23.1 Å². The normalized spacial score (nSPS) is 11.0. The van der Waals surface area contributed by atoms with Gasteiger partial charge in [-0.15, -0.1) is 35.3 Å². The van der Waals surface area contributed by atoms with Gasteiger partial charge in [-0.3, -0.25) is 0 Å². The first kappa shape index (κ1) is 20.2. The summed E-state index contributed by atoms with van der Waals surface area (Å²) < 4.78 is 0. The number of guanidine groups is 1. The molecule has 0 aliphatic rings. The summed E-state index contributed by atoms with van der Waals surface area (Å²) in [7, 11) is 0. The standard InChI is InChI=1S/C16H21ClN4S.HI/c1-3-18-16(20-10-15-12(2)21-11-22-15)19-8-7-13-5-4-6-14(17)9-13;/h4-6,9,11H,3,7-8,10H2,1-2H3,(H2,18,19,20);1H. The summed E-state index contributed by atoms with van der Waals surface area (Å²) in [5.74, 6) is 0.831. The lowest BCUT2D eigenvalue weighted by Gasteiger charge is -2.11. The van der Waals surface area contributed by atoms with Gasteiger partial charge < -0.3 is 10.6 Å². The van der Waals surface area contributed by atoms with Gasteiger partial charge in [0.15, 0.2) is 5.96 Å². The third-order valence-electron chi connectivity index (χ3n) is 3.17. The molecule has 2 N–H and O–H groups in total. The molecule has 7 heteroatoms. The number of nitrogens with zero attached hydrogens (tertiary/aromatic N) is 2. The summed E-state index contributed by atoms with van der Waals surface area (Å²) in [6.45, 7) is 6.38. The molecule has 0 spiro atoms. The molecule has 1 heterocycles. The number of aromatic nitrogens is 1. The monoisotopic (exact) mass is 464 g/mol. The van der Waals surface area contributed by atoms with Crippen LogP contribution in [-0.2, 0) is 13.0 Å². The molecule has 0 saturated carbocycles. The molecule has 0 fully saturated rings. The van der Waals surface area contributed by atoms with Gasteiger partial charge >= 0.3 is 0 Å². The Morgan fingerprint density at radius 1 is 1.35 bits per heavy atom. The average molecular weight is 465 g/mol. The van der Waals surface area contributed by atoms with E-state index in [2.05, 4.69) is 33.6 Å². The molecule has 126 valence electrons. The maximum Gasteiger partial charge on any atom is 0.191 e. The molecule has 0 radical (unpaired) electrons. The Morgan fingerprint density at radius 2 is 2.17 bits per heavy atom. The molecule has 0 aliphatic carbocycles. The number of benzene rings is 1. The number of nitrogens with one attached hydrogen (secondary N) is 2. The zero-order chi connectivity index (χ0) is 15.8. The summed E-state index contributed by atoms with van der Waals surface area (Å²) in [6, 6.07) is 7.94. The number of aryl methyl sites for hydroxylation is 1. The fraction of sp³-hybridized carbons (Fsp3) is 0.375. The maximum atomic E-state index is 6.00. The lowest BCUT2D eigenvalue weighted by atomic mass is 10.1. The van der Waals surface area contributed by atoms with Crippen LogP contribution in [-0.4, -0.2) is 24.0 Å². The minimum absolute atomic E-state index is 0. The first-order valence-corrected chi connectivity index (χ1v) is 8.60. The van der Waals surface area contributed by atoms with E-state index in [0.29, 0.717) is 6.54 Å². The van der Waals surface area contributed by atoms with Crippen LogP contribution in [0.15, 0.2) is 34.8 Å². The molecule has 4 nitrogen and oxygen atoms in total. The number of rotatable bonds is 6. The molecular formula is C16H22ClIN4S. The Bertz CT molecular complexity index is 630. The van der Waals surface area contributed by atoms with E-state index in [0.717, 1.165) is 36.2 Å². The predicted molar refractivity (Wildman–Crippen MR) is 110 cm³/mol. The Kier molecular flexibility index (Phi) is 9.50. The fourth-order valence-electron chi connectivity index (χ4n) is 1.99. The van der Waals surface area contributed by atoms with Gasteiger partial charge in [0.1, 0.15) is 0 Å². The number of thiazole rings is 1. The maximum absolute atomic E-state index is 6.00. The lowest BCUT2D eigenvalue weighted by Crippen LogP contribution is -2.38. The van der Waals surface area contributed by atoms with Crippen molar-refractivity contribution in [3.63, 3.8) is 0 Å². The van der Waals surface area contributed by atoms with E-state index in [1.54, 1.807) is 11.3 Å². The highest BCUT2D eigenvalue weighted by atomic mass is 127. The van der Waals surface area contributed by atoms with Crippen molar-refractivity contribution in [3.8, 4) is 0 Å². The third-order valence-corrected chi connectivity index (χ3v) is 4.32. The summed E-state index contributed by atoms with van der Waals surface area (Å²) in [6.07, 6.45) is 0.907. The van der Waals surface area contributed by atoms with Crippen molar-refractivity contribution in [2.24, 2.45) is 4.99 Å². The Morgan fingerprint density at radius 3 is 2.83 bits per heavy atom. The van der Waals surface area contributed by atoms with E-state index in [4.69, 9.17) is 11.6 Å². The van der Waals surface area contributed by atoms with Gasteiger partial charge in [0.2, 0.25) is 0 Å². The molecule has 2 rings (SSSR count). The van der Waals surface area contributed by atoms with Crippen LogP contribution in [0.25, 0.3) is 0 Å². The Labute approximate surface area is 163 Å². The quantitative estimate of drug-likeness (QED) is 0.386. The molecule has 0 bridgehead atoms. The van der Waals surface area contributed by atoms with Gasteiger partial charge in [-0.1, -0.05) is 23.7 Å². The van der Waals surface area contributed by atoms with E-state index >= 15 is 0 Å². The van der Waals surface area contributed by atoms with Gasteiger partial charge in [0, 0.05) is 23.0 Å². The first-order chi connectivity index (χ1) is 10.7. The van der Waals surface area contributed by atoms with E-state index in [9.17, 15) is 0 Å². The second kappa shape index (κ2) is 10.8. The zero-order valence-electron chi connectivity index (χ0n) is 13.3. The first-order valence-electron chi connectivity index (χ1n) is 7.34. The minimum atomic E-state index is 0. The van der Waals surface area contributed by atoms with Crippen LogP contribution >= 0.6 is 46.9 Å². The fourth-order valence-corrected chi connectivity index (χ4v) is 2.90. The van der Waals surface area contributed by atoms with Crippen molar-refractivity contribution in [1.82, 2.24) is 15.6 Å². The second-order valence-electron chi connectivity index (χ2n) is 4.86. The molecule has 23 heavy (non-hydrogen) atoms. The van der Waals surface area contributed by atoms with Gasteiger partial charge in [-0.2, -0.15) is 0 Å². The highest BCUT2D eigenvalue weighted by molar-refractivity contribution is 14.0. The summed E-state index contributed by atoms with van der Waals surface area (Å²) in [5, 5.41) is 7.39. The topological polar surface area (TPSA) is 49.3 Å². The third kappa shape index (κ3) is 7.05. The molecular weight excluding hydrogens is 443 g/mol. The van der Waals surface area contributed by atoms with Crippen molar-refractivity contribution in [1.29, 1.82) is 0 Å². The second-order valence-corrected chi connectivity index (χ2v) is 6.24. The lowest BCUT2D eigenvalue weighted by molar-refractivity contribution is 0.800. The van der Waals surface area contributed by atoms with E-state index in [1.807, 2.05) is 30.6 Å². The largest absolute Gasteiger partial charge is 0.357 e. The Hall–Kier alpha value is -0.860. The molecule has 0 saturated heterocycles. The van der Waals surface area contributed by atoms with E-state index in [1.165, 1.54) is 10.4 Å². The average Bonchev–Trinajstić information content (AvgIpc) is 2.90. The molecule has 0 amide bonds. The van der Waals surface area contributed by atoms with Gasteiger partial charge in [-0.25, -0.2) is 9.98 Å². The molecule has 0 aliphatic heterocycles. The summed E-state index contributed by atoms with van der Waals surface area (Å²) in [4.78, 5) is 10.1. The molecule has 0 unspecified atom stereocenters. The SMILES string of the molecule is CCNC(=NCc1scnc1C)NCCc1cccc(Cl)c1.I. The summed E-state index contributed by atoms with van der Waals surface area (Å²) in [5.41, 5.74) is 4.14. The predicted octanol–water partition coefficient (Wildman–Crippen LogP) is 4.02. The van der Waals surface area contributed by atoms with Crippen molar-refractivity contribution in [2.45, 2.75) is 26.8 Å². The number of halogens is 2. The van der Waals surface area contributed by atoms with Crippen LogP contribution in [0.2, 0.25) is 5.02 Å². The van der Waals surface area contributed by atoms with Crippen molar-refractivity contribution in [3.05, 3.63) is 50.9 Å². The van der Waals surface area contributed by atoms with Crippen molar-refractivity contribution in [2.75, 3.05) is 13.1 Å². The Balaban J connectivity index is 0.00000264. The van der Waals surface area contributed by atoms with Crippen LogP contribution in [0, 0.1) is 6.92 Å². The van der Waals surface area contributed by atoms with Gasteiger partial charge in [0.25, 0.3) is 0 Å². The smallest absolute Gasteiger partial charge is 0.191 e. The summed E-state index contributed by atoms with van der Waals surface area (Å²) >= 11 is 7.64. The highest BCUT2D eigenvalue weighted by Crippen LogP contribution is 2.13. The van der Waals surface area contributed by atoms with Gasteiger partial charge in [0.05, 0.1) is 17.7 Å². The molecule has 1 aromatic heterocycles. The van der Waals surface area contributed by atoms with Crippen LogP contribution in [0.4, 0.5) is 0 Å². The van der Waals surface area contributed by atoms with Crippen molar-refractivity contribution >= 4 is 52.9 Å². The van der Waals surface area contributed by atoms with Crippen LogP contribution < -0.4 is 10.6 Å². The molecule has 2 aromatic rings. The number of aliphatic imine (C=N–C) groups is 1. The minimum Gasteiger partial charge on any atom is -0.357 e. The van der Waals surface area contributed by atoms with E-state index < -0.39 is 0 Å². The van der Waals surface area contributed by atoms with Crippen molar-refractivity contribution < 1.29 is 0 Å². The number of hydrogen-bond donors (Lipinski definition) is 2. The van der Waals surface area contributed by atoms with Crippen LogP contribution in [0.3, 0.4) is 0 Å². The number of hydrogen-bond acceptors (Lipinski definition) is 3. The zero-order valence-corrected chi connectivity index (χ0v) is 17.2.